The Kier molecular flexibility index (Phi) is 4.32. The van der Waals surface area contributed by atoms with Crippen molar-refractivity contribution in [2.45, 2.75) is 5.88 Å². The van der Waals surface area contributed by atoms with E-state index in [1.54, 1.807) is 6.07 Å². The molecular weight excluding hydrogens is 323 g/mol. The zero-order valence-electron chi connectivity index (χ0n) is 8.79. The molecular formula is C13H9BrCl2O. The van der Waals surface area contributed by atoms with Crippen molar-refractivity contribution in [1.29, 1.82) is 0 Å². The van der Waals surface area contributed by atoms with E-state index in [1.165, 1.54) is 0 Å². The van der Waals surface area contributed by atoms with Crippen LogP contribution in [0.25, 0.3) is 0 Å². The zero-order valence-corrected chi connectivity index (χ0v) is 11.9. The summed E-state index contributed by atoms with van der Waals surface area (Å²) in [4.78, 5) is 0. The Morgan fingerprint density at radius 3 is 2.53 bits per heavy atom. The molecule has 0 saturated carbocycles. The van der Waals surface area contributed by atoms with E-state index in [0.717, 1.165) is 15.8 Å². The fourth-order valence-electron chi connectivity index (χ4n) is 1.40. The van der Waals surface area contributed by atoms with E-state index in [1.807, 2.05) is 36.4 Å². The lowest BCUT2D eigenvalue weighted by Crippen LogP contribution is -1.90. The summed E-state index contributed by atoms with van der Waals surface area (Å²) in [5, 5.41) is 0.580. The Hall–Kier alpha value is -0.700. The zero-order chi connectivity index (χ0) is 12.3. The number of alkyl halides is 1. The van der Waals surface area contributed by atoms with Crippen molar-refractivity contribution >= 4 is 39.1 Å². The quantitative estimate of drug-likeness (QED) is 0.662. The highest BCUT2D eigenvalue weighted by Crippen LogP contribution is 2.32. The van der Waals surface area contributed by atoms with Gasteiger partial charge in [-0.1, -0.05) is 39.7 Å². The van der Waals surface area contributed by atoms with Crippen LogP contribution in [0.15, 0.2) is 46.9 Å². The van der Waals surface area contributed by atoms with Crippen LogP contribution in [0.5, 0.6) is 11.5 Å². The first-order valence-electron chi connectivity index (χ1n) is 4.97. The minimum atomic E-state index is 0.388. The van der Waals surface area contributed by atoms with Gasteiger partial charge in [-0.05, 0) is 30.3 Å². The minimum Gasteiger partial charge on any atom is -0.455 e. The summed E-state index contributed by atoms with van der Waals surface area (Å²) in [6, 6.07) is 13.0. The molecule has 0 aliphatic rings. The van der Waals surface area contributed by atoms with Gasteiger partial charge in [-0.3, -0.25) is 0 Å². The molecule has 0 unspecified atom stereocenters. The number of para-hydroxylation sites is 1. The highest BCUT2D eigenvalue weighted by molar-refractivity contribution is 9.10. The lowest BCUT2D eigenvalue weighted by Gasteiger charge is -2.11. The van der Waals surface area contributed by atoms with Crippen LogP contribution < -0.4 is 4.74 Å². The summed E-state index contributed by atoms with van der Waals surface area (Å²) >= 11 is 15.3. The molecule has 0 aliphatic carbocycles. The van der Waals surface area contributed by atoms with Gasteiger partial charge in [0.2, 0.25) is 0 Å². The second-order valence-electron chi connectivity index (χ2n) is 3.42. The average molecular weight is 332 g/mol. The summed E-state index contributed by atoms with van der Waals surface area (Å²) in [6.45, 7) is 0. The Morgan fingerprint density at radius 2 is 1.82 bits per heavy atom. The fourth-order valence-corrected chi connectivity index (χ4v) is 2.19. The maximum Gasteiger partial charge on any atom is 0.146 e. The first kappa shape index (κ1) is 12.7. The highest BCUT2D eigenvalue weighted by atomic mass is 79.9. The third-order valence-electron chi connectivity index (χ3n) is 2.22. The summed E-state index contributed by atoms with van der Waals surface area (Å²) in [7, 11) is 0. The first-order valence-corrected chi connectivity index (χ1v) is 6.68. The van der Waals surface area contributed by atoms with Gasteiger partial charge < -0.3 is 4.74 Å². The van der Waals surface area contributed by atoms with E-state index in [9.17, 15) is 0 Å². The molecule has 0 aromatic heterocycles. The average Bonchev–Trinajstić information content (AvgIpc) is 2.34. The van der Waals surface area contributed by atoms with Crippen LogP contribution in [-0.4, -0.2) is 0 Å². The molecule has 0 radical (unpaired) electrons. The Bertz CT molecular complexity index is 529. The van der Waals surface area contributed by atoms with Gasteiger partial charge in [-0.25, -0.2) is 0 Å². The van der Waals surface area contributed by atoms with E-state index in [2.05, 4.69) is 15.9 Å². The molecule has 4 heteroatoms. The van der Waals surface area contributed by atoms with Crippen LogP contribution in [0, 0.1) is 0 Å². The molecule has 0 saturated heterocycles. The highest BCUT2D eigenvalue weighted by Gasteiger charge is 2.07. The van der Waals surface area contributed by atoms with Crippen molar-refractivity contribution in [2.24, 2.45) is 0 Å². The molecule has 0 N–H and O–H groups in total. The van der Waals surface area contributed by atoms with Gasteiger partial charge >= 0.3 is 0 Å². The summed E-state index contributed by atoms with van der Waals surface area (Å²) in [5.41, 5.74) is 0.918. The van der Waals surface area contributed by atoms with Gasteiger partial charge in [-0.2, -0.15) is 0 Å². The molecule has 0 amide bonds. The number of benzene rings is 2. The lowest BCUT2D eigenvalue weighted by atomic mass is 10.2. The molecule has 0 heterocycles. The Morgan fingerprint density at radius 1 is 1.06 bits per heavy atom. The molecule has 0 spiro atoms. The number of ether oxygens (including phenoxy) is 1. The molecule has 17 heavy (non-hydrogen) atoms. The topological polar surface area (TPSA) is 9.23 Å². The minimum absolute atomic E-state index is 0.388. The SMILES string of the molecule is ClCc1cc(Br)ccc1Oc1ccccc1Cl. The third-order valence-corrected chi connectivity index (χ3v) is 3.32. The molecule has 2 rings (SSSR count). The molecule has 0 bridgehead atoms. The predicted molar refractivity (Wildman–Crippen MR) is 75.2 cm³/mol. The molecule has 2 aromatic rings. The van der Waals surface area contributed by atoms with Crippen molar-refractivity contribution in [3.8, 4) is 11.5 Å². The van der Waals surface area contributed by atoms with Gasteiger partial charge in [0, 0.05) is 10.0 Å². The molecule has 0 aliphatic heterocycles. The van der Waals surface area contributed by atoms with E-state index >= 15 is 0 Å². The molecule has 88 valence electrons. The molecule has 0 atom stereocenters. The molecule has 1 nitrogen and oxygen atoms in total. The summed E-state index contributed by atoms with van der Waals surface area (Å²) in [6.07, 6.45) is 0. The van der Waals surface area contributed by atoms with E-state index < -0.39 is 0 Å². The van der Waals surface area contributed by atoms with Crippen LogP contribution in [0.3, 0.4) is 0 Å². The molecule has 2 aromatic carbocycles. The van der Waals surface area contributed by atoms with Crippen molar-refractivity contribution in [2.75, 3.05) is 0 Å². The fraction of sp³-hybridized carbons (Fsp3) is 0.0769. The largest absolute Gasteiger partial charge is 0.455 e. The van der Waals surface area contributed by atoms with Crippen LogP contribution in [0.4, 0.5) is 0 Å². The number of hydrogen-bond acceptors (Lipinski definition) is 1. The van der Waals surface area contributed by atoms with Gasteiger partial charge in [0.15, 0.2) is 0 Å². The Balaban J connectivity index is 2.33. The Labute approximate surface area is 118 Å². The maximum atomic E-state index is 6.03. The predicted octanol–water partition coefficient (Wildman–Crippen LogP) is 5.63. The lowest BCUT2D eigenvalue weighted by molar-refractivity contribution is 0.478. The third kappa shape index (κ3) is 3.15. The van der Waals surface area contributed by atoms with E-state index in [0.29, 0.717) is 16.7 Å². The first-order chi connectivity index (χ1) is 8.20. The summed E-state index contributed by atoms with van der Waals surface area (Å²) in [5.74, 6) is 1.73. The van der Waals surface area contributed by atoms with Crippen molar-refractivity contribution < 1.29 is 4.74 Å². The number of rotatable bonds is 3. The van der Waals surface area contributed by atoms with Crippen LogP contribution in [0.1, 0.15) is 5.56 Å². The van der Waals surface area contributed by atoms with Crippen molar-refractivity contribution in [1.82, 2.24) is 0 Å². The monoisotopic (exact) mass is 330 g/mol. The second kappa shape index (κ2) is 5.76. The molecule has 0 fully saturated rings. The van der Waals surface area contributed by atoms with Gasteiger partial charge in [0.05, 0.1) is 10.9 Å². The standard InChI is InChI=1S/C13H9BrCl2O/c14-10-5-6-12(9(7-10)8-15)17-13-4-2-1-3-11(13)16/h1-7H,8H2. The van der Waals surface area contributed by atoms with Crippen LogP contribution in [-0.2, 0) is 5.88 Å². The number of halogens is 3. The van der Waals surface area contributed by atoms with Crippen molar-refractivity contribution in [3.63, 3.8) is 0 Å². The van der Waals surface area contributed by atoms with E-state index in [4.69, 9.17) is 27.9 Å². The van der Waals surface area contributed by atoms with Crippen molar-refractivity contribution in [3.05, 3.63) is 57.5 Å². The smallest absolute Gasteiger partial charge is 0.146 e. The van der Waals surface area contributed by atoms with E-state index in [-0.39, 0.29) is 0 Å². The van der Waals surface area contributed by atoms with Crippen LogP contribution >= 0.6 is 39.1 Å². The summed E-state index contributed by atoms with van der Waals surface area (Å²) < 4.78 is 6.72. The van der Waals surface area contributed by atoms with Gasteiger partial charge in [0.1, 0.15) is 11.5 Å². The van der Waals surface area contributed by atoms with Gasteiger partial charge in [0.25, 0.3) is 0 Å². The second-order valence-corrected chi connectivity index (χ2v) is 5.01. The number of hydrogen-bond donors (Lipinski definition) is 0. The van der Waals surface area contributed by atoms with Crippen LogP contribution in [0.2, 0.25) is 5.02 Å². The normalized spacial score (nSPS) is 10.3. The maximum absolute atomic E-state index is 6.03. The van der Waals surface area contributed by atoms with Gasteiger partial charge in [-0.15, -0.1) is 11.6 Å².